The fourth-order valence-electron chi connectivity index (χ4n) is 2.86. The normalized spacial score (nSPS) is 19.5. The molecule has 1 aromatic carbocycles. The summed E-state index contributed by atoms with van der Waals surface area (Å²) < 4.78 is 0. The zero-order chi connectivity index (χ0) is 14.5. The molecule has 118 valence electrons. The van der Waals surface area contributed by atoms with Gasteiger partial charge in [-0.15, -0.1) is 12.4 Å². The summed E-state index contributed by atoms with van der Waals surface area (Å²) in [5, 5.41) is 3.43. The van der Waals surface area contributed by atoms with Crippen molar-refractivity contribution in [1.82, 2.24) is 5.32 Å². The summed E-state index contributed by atoms with van der Waals surface area (Å²) in [5.41, 5.74) is 2.20. The number of hydrogen-bond donors (Lipinski definition) is 1. The van der Waals surface area contributed by atoms with Crippen LogP contribution in [0.5, 0.6) is 0 Å². The summed E-state index contributed by atoms with van der Waals surface area (Å²) in [7, 11) is 1.87. The molecule has 0 aromatic heterocycles. The molecule has 1 aliphatic heterocycles. The van der Waals surface area contributed by atoms with Crippen LogP contribution in [-0.4, -0.2) is 26.0 Å². The first-order valence-corrected chi connectivity index (χ1v) is 7.62. The minimum atomic E-state index is 0. The van der Waals surface area contributed by atoms with Crippen LogP contribution in [-0.2, 0) is 4.79 Å². The summed E-state index contributed by atoms with van der Waals surface area (Å²) in [6.07, 6.45) is 3.11. The van der Waals surface area contributed by atoms with E-state index in [1.165, 1.54) is 18.4 Å². The van der Waals surface area contributed by atoms with Crippen LogP contribution in [0.1, 0.15) is 31.7 Å². The maximum absolute atomic E-state index is 12.4. The Morgan fingerprint density at radius 3 is 2.62 bits per heavy atom. The van der Waals surface area contributed by atoms with Crippen molar-refractivity contribution in [2.24, 2.45) is 11.8 Å². The number of aryl methyl sites for hydroxylation is 1. The highest BCUT2D eigenvalue weighted by molar-refractivity contribution is 5.92. The maximum Gasteiger partial charge on any atom is 0.226 e. The molecule has 0 saturated carbocycles. The quantitative estimate of drug-likeness (QED) is 0.924. The second-order valence-electron chi connectivity index (χ2n) is 6.08. The lowest BCUT2D eigenvalue weighted by Crippen LogP contribution is -2.36. The Balaban J connectivity index is 0.00000220. The van der Waals surface area contributed by atoms with Crippen LogP contribution in [0.15, 0.2) is 24.3 Å². The van der Waals surface area contributed by atoms with Crippen molar-refractivity contribution in [1.29, 1.82) is 0 Å². The molecule has 1 amide bonds. The molecule has 1 heterocycles. The zero-order valence-corrected chi connectivity index (χ0v) is 14.1. The fraction of sp³-hybridized carbons (Fsp3) is 0.588. The van der Waals surface area contributed by atoms with Gasteiger partial charge >= 0.3 is 0 Å². The van der Waals surface area contributed by atoms with E-state index in [1.54, 1.807) is 4.90 Å². The molecule has 1 fully saturated rings. The average molecular weight is 311 g/mol. The number of amides is 1. The van der Waals surface area contributed by atoms with Crippen molar-refractivity contribution in [3.63, 3.8) is 0 Å². The molecule has 0 spiro atoms. The van der Waals surface area contributed by atoms with Gasteiger partial charge in [0, 0.05) is 19.2 Å². The predicted molar refractivity (Wildman–Crippen MR) is 91.2 cm³/mol. The lowest BCUT2D eigenvalue weighted by Gasteiger charge is -2.29. The molecule has 0 aliphatic carbocycles. The number of anilines is 1. The van der Waals surface area contributed by atoms with Crippen molar-refractivity contribution in [2.45, 2.75) is 33.1 Å². The Morgan fingerprint density at radius 1 is 1.38 bits per heavy atom. The molecule has 2 unspecified atom stereocenters. The van der Waals surface area contributed by atoms with Gasteiger partial charge in [-0.2, -0.15) is 0 Å². The SMILES string of the molecule is Cc1ccc(N(C)C(=O)CC(C)C2CCCNC2)cc1.Cl. The van der Waals surface area contributed by atoms with Crippen LogP contribution in [0.4, 0.5) is 5.69 Å². The third kappa shape index (κ3) is 5.01. The number of nitrogens with zero attached hydrogens (tertiary/aromatic N) is 1. The second-order valence-corrected chi connectivity index (χ2v) is 6.08. The molecule has 3 nitrogen and oxygen atoms in total. The van der Waals surface area contributed by atoms with Gasteiger partial charge in [0.1, 0.15) is 0 Å². The number of rotatable bonds is 4. The summed E-state index contributed by atoms with van der Waals surface area (Å²) in [5.74, 6) is 1.30. The first-order chi connectivity index (χ1) is 9.58. The van der Waals surface area contributed by atoms with E-state index in [9.17, 15) is 4.79 Å². The molecule has 2 rings (SSSR count). The third-order valence-electron chi connectivity index (χ3n) is 4.43. The minimum Gasteiger partial charge on any atom is -0.316 e. The Bertz CT molecular complexity index is 441. The highest BCUT2D eigenvalue weighted by Gasteiger charge is 2.23. The van der Waals surface area contributed by atoms with E-state index in [-0.39, 0.29) is 18.3 Å². The number of hydrogen-bond acceptors (Lipinski definition) is 2. The van der Waals surface area contributed by atoms with Gasteiger partial charge in [-0.1, -0.05) is 24.6 Å². The lowest BCUT2D eigenvalue weighted by atomic mass is 9.85. The van der Waals surface area contributed by atoms with E-state index in [2.05, 4.69) is 19.2 Å². The van der Waals surface area contributed by atoms with Crippen molar-refractivity contribution in [3.05, 3.63) is 29.8 Å². The fourth-order valence-corrected chi connectivity index (χ4v) is 2.86. The van der Waals surface area contributed by atoms with Gasteiger partial charge in [0.15, 0.2) is 0 Å². The molecule has 1 aliphatic rings. The molecule has 1 N–H and O–H groups in total. The molecular formula is C17H27ClN2O. The summed E-state index contributed by atoms with van der Waals surface area (Å²) >= 11 is 0. The van der Waals surface area contributed by atoms with Gasteiger partial charge in [0.2, 0.25) is 5.91 Å². The van der Waals surface area contributed by atoms with E-state index in [1.807, 2.05) is 31.3 Å². The molecule has 1 saturated heterocycles. The number of benzene rings is 1. The molecule has 21 heavy (non-hydrogen) atoms. The van der Waals surface area contributed by atoms with Crippen molar-refractivity contribution in [3.8, 4) is 0 Å². The van der Waals surface area contributed by atoms with Gasteiger partial charge in [0.05, 0.1) is 0 Å². The van der Waals surface area contributed by atoms with Crippen LogP contribution in [0.25, 0.3) is 0 Å². The van der Waals surface area contributed by atoms with Gasteiger partial charge in [-0.3, -0.25) is 4.79 Å². The minimum absolute atomic E-state index is 0. The number of carbonyl (C=O) groups excluding carboxylic acids is 1. The first kappa shape index (κ1) is 18.0. The average Bonchev–Trinajstić information content (AvgIpc) is 2.48. The maximum atomic E-state index is 12.4. The molecule has 1 aromatic rings. The van der Waals surface area contributed by atoms with E-state index < -0.39 is 0 Å². The number of piperidine rings is 1. The van der Waals surface area contributed by atoms with E-state index in [0.717, 1.165) is 18.8 Å². The molecule has 4 heteroatoms. The van der Waals surface area contributed by atoms with Crippen LogP contribution >= 0.6 is 12.4 Å². The highest BCUT2D eigenvalue weighted by Crippen LogP contribution is 2.24. The zero-order valence-electron chi connectivity index (χ0n) is 13.3. The van der Waals surface area contributed by atoms with E-state index >= 15 is 0 Å². The molecule has 2 atom stereocenters. The van der Waals surface area contributed by atoms with Gasteiger partial charge in [-0.05, 0) is 56.8 Å². The van der Waals surface area contributed by atoms with Gasteiger partial charge in [0.25, 0.3) is 0 Å². The van der Waals surface area contributed by atoms with Crippen molar-refractivity contribution < 1.29 is 4.79 Å². The summed E-state index contributed by atoms with van der Waals surface area (Å²) in [6.45, 7) is 6.45. The van der Waals surface area contributed by atoms with Crippen molar-refractivity contribution >= 4 is 24.0 Å². The highest BCUT2D eigenvalue weighted by atomic mass is 35.5. The largest absolute Gasteiger partial charge is 0.316 e. The van der Waals surface area contributed by atoms with Gasteiger partial charge < -0.3 is 10.2 Å². The third-order valence-corrected chi connectivity index (χ3v) is 4.43. The van der Waals surface area contributed by atoms with E-state index in [0.29, 0.717) is 18.3 Å². The topological polar surface area (TPSA) is 32.3 Å². The molecular weight excluding hydrogens is 284 g/mol. The second kappa shape index (κ2) is 8.40. The Morgan fingerprint density at radius 2 is 2.05 bits per heavy atom. The Labute approximate surface area is 134 Å². The predicted octanol–water partition coefficient (Wildman–Crippen LogP) is 3.41. The number of carbonyl (C=O) groups is 1. The molecule has 0 bridgehead atoms. The smallest absolute Gasteiger partial charge is 0.226 e. The first-order valence-electron chi connectivity index (χ1n) is 7.62. The van der Waals surface area contributed by atoms with Gasteiger partial charge in [-0.25, -0.2) is 0 Å². The van der Waals surface area contributed by atoms with Crippen LogP contribution in [0.2, 0.25) is 0 Å². The van der Waals surface area contributed by atoms with Crippen LogP contribution in [0.3, 0.4) is 0 Å². The summed E-state index contributed by atoms with van der Waals surface area (Å²) in [6, 6.07) is 8.13. The van der Waals surface area contributed by atoms with Crippen molar-refractivity contribution in [2.75, 3.05) is 25.0 Å². The lowest BCUT2D eigenvalue weighted by molar-refractivity contribution is -0.119. The monoisotopic (exact) mass is 310 g/mol. The standard InChI is InChI=1S/C17H26N2O.ClH/c1-13-6-8-16(9-7-13)19(3)17(20)11-14(2)15-5-4-10-18-12-15;/h6-9,14-15,18H,4-5,10-12H2,1-3H3;1H. The molecule has 0 radical (unpaired) electrons. The van der Waals surface area contributed by atoms with E-state index in [4.69, 9.17) is 0 Å². The number of nitrogens with one attached hydrogen (secondary N) is 1. The van der Waals surface area contributed by atoms with Crippen LogP contribution in [0, 0.1) is 18.8 Å². The Kier molecular flexibility index (Phi) is 7.20. The Hall–Kier alpha value is -1.06. The summed E-state index contributed by atoms with van der Waals surface area (Å²) in [4.78, 5) is 14.2. The number of halogens is 1. The van der Waals surface area contributed by atoms with Crippen LogP contribution < -0.4 is 10.2 Å².